The molecule has 3 rings (SSSR count). The van der Waals surface area contributed by atoms with Gasteiger partial charge in [-0.25, -0.2) is 0 Å². The van der Waals surface area contributed by atoms with Crippen LogP contribution in [0, 0.1) is 5.92 Å². The van der Waals surface area contributed by atoms with Crippen LogP contribution in [0.25, 0.3) is 10.9 Å². The molecule has 1 atom stereocenters. The van der Waals surface area contributed by atoms with Crippen molar-refractivity contribution in [2.45, 2.75) is 39.5 Å². The van der Waals surface area contributed by atoms with E-state index >= 15 is 0 Å². The summed E-state index contributed by atoms with van der Waals surface area (Å²) in [6, 6.07) is 14.4. The van der Waals surface area contributed by atoms with Crippen LogP contribution in [0.3, 0.4) is 0 Å². The smallest absolute Gasteiger partial charge is 0.118 e. The van der Waals surface area contributed by atoms with Crippen molar-refractivity contribution < 1.29 is 5.11 Å². The van der Waals surface area contributed by atoms with Gasteiger partial charge < -0.3 is 10.1 Å². The summed E-state index contributed by atoms with van der Waals surface area (Å²) >= 11 is 0. The Bertz CT molecular complexity index is 800. The lowest BCUT2D eigenvalue weighted by Crippen LogP contribution is -2.04. The molecule has 0 spiro atoms. The molecule has 23 heavy (non-hydrogen) atoms. The molecule has 0 amide bonds. The van der Waals surface area contributed by atoms with Crippen molar-refractivity contribution in [3.63, 3.8) is 0 Å². The van der Waals surface area contributed by atoms with Gasteiger partial charge in [-0.1, -0.05) is 51.1 Å². The minimum absolute atomic E-state index is 0.403. The highest BCUT2D eigenvalue weighted by Crippen LogP contribution is 2.27. The molecule has 2 nitrogen and oxygen atoms in total. The van der Waals surface area contributed by atoms with E-state index in [1.807, 2.05) is 18.2 Å². The number of hydrogen-bond donors (Lipinski definition) is 2. The number of phenolic OH excluding ortho intramolecular Hbond substituents is 1. The number of H-pyrrole nitrogens is 1. The highest BCUT2D eigenvalue weighted by molar-refractivity contribution is 5.84. The molecule has 0 aliphatic rings. The fourth-order valence-corrected chi connectivity index (χ4v) is 3.33. The van der Waals surface area contributed by atoms with Gasteiger partial charge in [0.15, 0.2) is 0 Å². The molecule has 0 radical (unpaired) electrons. The maximum Gasteiger partial charge on any atom is 0.118 e. The summed E-state index contributed by atoms with van der Waals surface area (Å²) in [7, 11) is 0. The predicted molar refractivity (Wildman–Crippen MR) is 97.1 cm³/mol. The van der Waals surface area contributed by atoms with E-state index in [4.69, 9.17) is 0 Å². The normalized spacial score (nSPS) is 12.9. The first-order valence-corrected chi connectivity index (χ1v) is 8.41. The van der Waals surface area contributed by atoms with Crippen molar-refractivity contribution >= 4 is 10.9 Å². The second kappa shape index (κ2) is 6.49. The number of aromatic nitrogens is 1. The van der Waals surface area contributed by atoms with Gasteiger partial charge in [0, 0.05) is 17.1 Å². The zero-order chi connectivity index (χ0) is 16.4. The van der Waals surface area contributed by atoms with E-state index in [2.05, 4.69) is 50.2 Å². The van der Waals surface area contributed by atoms with Crippen LogP contribution < -0.4 is 0 Å². The van der Waals surface area contributed by atoms with Gasteiger partial charge in [-0.05, 0) is 53.5 Å². The molecule has 3 aromatic rings. The number of aromatic amines is 1. The number of para-hydroxylation sites is 1. The Morgan fingerprint density at radius 1 is 1.00 bits per heavy atom. The van der Waals surface area contributed by atoms with E-state index in [0.29, 0.717) is 17.6 Å². The first kappa shape index (κ1) is 15.7. The molecule has 2 N–H and O–H groups in total. The molecule has 0 aliphatic carbocycles. The van der Waals surface area contributed by atoms with Gasteiger partial charge in [-0.15, -0.1) is 0 Å². The number of aromatic hydroxyl groups is 1. The van der Waals surface area contributed by atoms with Crippen molar-refractivity contribution in [1.29, 1.82) is 0 Å². The molecule has 120 valence electrons. The van der Waals surface area contributed by atoms with Crippen molar-refractivity contribution in [2.24, 2.45) is 5.92 Å². The Kier molecular flexibility index (Phi) is 4.42. The fourth-order valence-electron chi connectivity index (χ4n) is 3.33. The van der Waals surface area contributed by atoms with Crippen LogP contribution in [0.15, 0.2) is 48.7 Å². The Morgan fingerprint density at radius 2 is 1.78 bits per heavy atom. The quantitative estimate of drug-likeness (QED) is 0.649. The van der Waals surface area contributed by atoms with Gasteiger partial charge in [0.2, 0.25) is 0 Å². The maximum absolute atomic E-state index is 9.92. The maximum atomic E-state index is 9.92. The highest BCUT2D eigenvalue weighted by Gasteiger charge is 2.11. The summed E-state index contributed by atoms with van der Waals surface area (Å²) in [5.41, 5.74) is 4.98. The summed E-state index contributed by atoms with van der Waals surface area (Å²) in [6.45, 7) is 6.70. The second-order valence-electron chi connectivity index (χ2n) is 6.92. The van der Waals surface area contributed by atoms with Gasteiger partial charge in [-0.3, -0.25) is 0 Å². The molecule has 0 saturated heterocycles. The summed E-state index contributed by atoms with van der Waals surface area (Å²) in [4.78, 5) is 3.40. The Morgan fingerprint density at radius 3 is 2.52 bits per heavy atom. The third kappa shape index (κ3) is 3.42. The number of phenols is 1. The van der Waals surface area contributed by atoms with E-state index in [1.165, 1.54) is 22.0 Å². The third-order valence-corrected chi connectivity index (χ3v) is 4.54. The van der Waals surface area contributed by atoms with E-state index in [-0.39, 0.29) is 0 Å². The molecule has 1 heterocycles. The largest absolute Gasteiger partial charge is 0.508 e. The van der Waals surface area contributed by atoms with Crippen molar-refractivity contribution in [1.82, 2.24) is 4.98 Å². The van der Waals surface area contributed by atoms with Crippen molar-refractivity contribution in [3.8, 4) is 5.75 Å². The summed E-state index contributed by atoms with van der Waals surface area (Å²) in [5, 5.41) is 11.2. The topological polar surface area (TPSA) is 36.0 Å². The minimum atomic E-state index is 0.403. The monoisotopic (exact) mass is 307 g/mol. The molecule has 0 fully saturated rings. The zero-order valence-corrected chi connectivity index (χ0v) is 14.1. The van der Waals surface area contributed by atoms with Crippen LogP contribution in [0.4, 0.5) is 0 Å². The van der Waals surface area contributed by atoms with Gasteiger partial charge in [0.05, 0.1) is 0 Å². The molecule has 1 aromatic heterocycles. The molecular weight excluding hydrogens is 282 g/mol. The fraction of sp³-hybridized carbons (Fsp3) is 0.333. The number of nitrogens with one attached hydrogen (secondary N) is 1. The SMILES string of the molecule is CC(Cc1ccc2c(C(C)C)c[nH]c2c1)Cc1ccccc1O. The average Bonchev–Trinajstić information content (AvgIpc) is 2.93. The molecular formula is C21H25NO. The van der Waals surface area contributed by atoms with Crippen LogP contribution >= 0.6 is 0 Å². The second-order valence-corrected chi connectivity index (χ2v) is 6.92. The molecule has 0 bridgehead atoms. The summed E-state index contributed by atoms with van der Waals surface area (Å²) < 4.78 is 0. The molecule has 1 unspecified atom stereocenters. The van der Waals surface area contributed by atoms with Crippen molar-refractivity contribution in [2.75, 3.05) is 0 Å². The first-order valence-electron chi connectivity index (χ1n) is 8.41. The van der Waals surface area contributed by atoms with Gasteiger partial charge in [0.1, 0.15) is 5.75 Å². The summed E-state index contributed by atoms with van der Waals surface area (Å²) in [6.07, 6.45) is 4.04. The van der Waals surface area contributed by atoms with Crippen LogP contribution in [-0.4, -0.2) is 10.1 Å². The zero-order valence-electron chi connectivity index (χ0n) is 14.1. The Balaban J connectivity index is 1.75. The average molecular weight is 307 g/mol. The van der Waals surface area contributed by atoms with E-state index in [0.717, 1.165) is 18.4 Å². The molecule has 0 saturated carbocycles. The van der Waals surface area contributed by atoms with E-state index in [1.54, 1.807) is 6.07 Å². The number of rotatable bonds is 5. The van der Waals surface area contributed by atoms with E-state index in [9.17, 15) is 5.11 Å². The Hall–Kier alpha value is -2.22. The van der Waals surface area contributed by atoms with E-state index < -0.39 is 0 Å². The van der Waals surface area contributed by atoms with Crippen LogP contribution in [0.1, 0.15) is 43.4 Å². The molecule has 2 aromatic carbocycles. The minimum Gasteiger partial charge on any atom is -0.508 e. The van der Waals surface area contributed by atoms with Gasteiger partial charge in [0.25, 0.3) is 0 Å². The third-order valence-electron chi connectivity index (χ3n) is 4.54. The number of hydrogen-bond acceptors (Lipinski definition) is 1. The lowest BCUT2D eigenvalue weighted by molar-refractivity contribution is 0.459. The van der Waals surface area contributed by atoms with Crippen LogP contribution in [-0.2, 0) is 12.8 Å². The van der Waals surface area contributed by atoms with Gasteiger partial charge in [-0.2, -0.15) is 0 Å². The number of fused-ring (bicyclic) bond motifs is 1. The molecule has 2 heteroatoms. The van der Waals surface area contributed by atoms with Crippen LogP contribution in [0.5, 0.6) is 5.75 Å². The Labute approximate surface area is 138 Å². The predicted octanol–water partition coefficient (Wildman–Crippen LogP) is 5.42. The highest BCUT2D eigenvalue weighted by atomic mass is 16.3. The first-order chi connectivity index (χ1) is 11.0. The molecule has 0 aliphatic heterocycles. The standard InChI is InChI=1S/C21H25NO/c1-14(2)19-13-22-20-12-16(8-9-18(19)20)10-15(3)11-17-6-4-5-7-21(17)23/h4-9,12-15,22-23H,10-11H2,1-3H3. The van der Waals surface area contributed by atoms with Crippen LogP contribution in [0.2, 0.25) is 0 Å². The number of benzene rings is 2. The lowest BCUT2D eigenvalue weighted by atomic mass is 9.93. The lowest BCUT2D eigenvalue weighted by Gasteiger charge is -2.13. The van der Waals surface area contributed by atoms with Crippen molar-refractivity contribution in [3.05, 3.63) is 65.4 Å². The van der Waals surface area contributed by atoms with Gasteiger partial charge >= 0.3 is 0 Å². The summed E-state index contributed by atoms with van der Waals surface area (Å²) in [5.74, 6) is 1.43.